The number of benzene rings is 1. The minimum absolute atomic E-state index is 0.575. The van der Waals surface area contributed by atoms with Crippen molar-refractivity contribution in [3.05, 3.63) is 35.4 Å². The van der Waals surface area contributed by atoms with Gasteiger partial charge >= 0.3 is 0 Å². The molecule has 0 radical (unpaired) electrons. The molecule has 3 nitrogen and oxygen atoms in total. The summed E-state index contributed by atoms with van der Waals surface area (Å²) in [6, 6.07) is 8.02. The number of rotatable bonds is 5. The second kappa shape index (κ2) is 4.42. The molecule has 0 spiro atoms. The van der Waals surface area contributed by atoms with Crippen molar-refractivity contribution in [2.24, 2.45) is 0 Å². The average Bonchev–Trinajstić information content (AvgIpc) is 3.07. The van der Waals surface area contributed by atoms with Crippen LogP contribution in [0, 0.1) is 0 Å². The van der Waals surface area contributed by atoms with Crippen LogP contribution in [0.2, 0.25) is 0 Å². The molecule has 4 heteroatoms. The lowest BCUT2D eigenvalue weighted by atomic mass is 10.1. The molecule has 0 bridgehead atoms. The molecule has 0 aliphatic heterocycles. The quantitative estimate of drug-likeness (QED) is 0.864. The van der Waals surface area contributed by atoms with Gasteiger partial charge in [-0.3, -0.25) is 0 Å². The van der Waals surface area contributed by atoms with Crippen LogP contribution in [0.15, 0.2) is 24.3 Å². The maximum atomic E-state index is 11.8. The highest BCUT2D eigenvalue weighted by Gasteiger charge is 2.53. The van der Waals surface area contributed by atoms with Crippen molar-refractivity contribution in [2.45, 2.75) is 24.0 Å². The molecule has 2 rings (SSSR count). The normalized spacial score (nSPS) is 18.0. The molecule has 17 heavy (non-hydrogen) atoms. The number of hydrogen-bond acceptors (Lipinski definition) is 3. The topological polar surface area (TPSA) is 46.2 Å². The van der Waals surface area contributed by atoms with E-state index in [1.54, 1.807) is 0 Å². The highest BCUT2D eigenvalue weighted by Crippen LogP contribution is 2.52. The molecule has 0 heterocycles. The fourth-order valence-electron chi connectivity index (χ4n) is 2.23. The molecule has 0 amide bonds. The van der Waals surface area contributed by atoms with E-state index in [1.807, 2.05) is 31.3 Å². The number of likely N-dealkylation sites (N-methyl/N-ethyl adjacent to an activating group) is 1. The van der Waals surface area contributed by atoms with E-state index in [4.69, 9.17) is 0 Å². The van der Waals surface area contributed by atoms with Crippen LogP contribution in [0.4, 0.5) is 0 Å². The third-order valence-electron chi connectivity index (χ3n) is 3.56. The third-order valence-corrected chi connectivity index (χ3v) is 5.62. The standard InChI is InChI=1S/C13H19NO2S/c1-14-10-7-11-3-5-12(6-4-11)13(8-9-13)17(2,15)16/h3-6,14H,7-10H2,1-2H3. The molecular weight excluding hydrogens is 234 g/mol. The average molecular weight is 253 g/mol. The first-order valence-electron chi connectivity index (χ1n) is 5.93. The maximum absolute atomic E-state index is 11.8. The zero-order valence-electron chi connectivity index (χ0n) is 10.4. The first-order valence-corrected chi connectivity index (χ1v) is 7.82. The van der Waals surface area contributed by atoms with Crippen molar-refractivity contribution in [2.75, 3.05) is 19.8 Å². The summed E-state index contributed by atoms with van der Waals surface area (Å²) in [7, 11) is -1.06. The summed E-state index contributed by atoms with van der Waals surface area (Å²) in [6.45, 7) is 0.941. The van der Waals surface area contributed by atoms with Crippen LogP contribution in [-0.4, -0.2) is 28.3 Å². The summed E-state index contributed by atoms with van der Waals surface area (Å²) >= 11 is 0. The van der Waals surface area contributed by atoms with Gasteiger partial charge in [-0.15, -0.1) is 0 Å². The van der Waals surface area contributed by atoms with Gasteiger partial charge in [0.15, 0.2) is 9.84 Å². The molecule has 1 saturated carbocycles. The van der Waals surface area contributed by atoms with Gasteiger partial charge in [0, 0.05) is 6.26 Å². The van der Waals surface area contributed by atoms with Crippen molar-refractivity contribution in [1.29, 1.82) is 0 Å². The number of hydrogen-bond donors (Lipinski definition) is 1. The Balaban J connectivity index is 2.19. The van der Waals surface area contributed by atoms with Crippen LogP contribution in [-0.2, 0) is 21.0 Å². The Kier molecular flexibility index (Phi) is 3.27. The first kappa shape index (κ1) is 12.6. The minimum Gasteiger partial charge on any atom is -0.319 e. The van der Waals surface area contributed by atoms with Crippen molar-refractivity contribution in [3.8, 4) is 0 Å². The van der Waals surface area contributed by atoms with Crippen LogP contribution in [0.3, 0.4) is 0 Å². The summed E-state index contributed by atoms with van der Waals surface area (Å²) in [6.07, 6.45) is 3.85. The lowest BCUT2D eigenvalue weighted by Crippen LogP contribution is -2.19. The van der Waals surface area contributed by atoms with E-state index in [0.29, 0.717) is 0 Å². The van der Waals surface area contributed by atoms with Crippen molar-refractivity contribution < 1.29 is 8.42 Å². The van der Waals surface area contributed by atoms with Gasteiger partial charge in [0.2, 0.25) is 0 Å². The molecule has 1 N–H and O–H groups in total. The second-order valence-corrected chi connectivity index (χ2v) is 7.14. The smallest absolute Gasteiger partial charge is 0.157 e. The van der Waals surface area contributed by atoms with Crippen molar-refractivity contribution in [3.63, 3.8) is 0 Å². The Morgan fingerprint density at radius 1 is 1.24 bits per heavy atom. The van der Waals surface area contributed by atoms with E-state index in [0.717, 1.165) is 31.4 Å². The molecule has 1 aliphatic rings. The lowest BCUT2D eigenvalue weighted by molar-refractivity contribution is 0.586. The van der Waals surface area contributed by atoms with Gasteiger partial charge < -0.3 is 5.32 Å². The predicted octanol–water partition coefficient (Wildman–Crippen LogP) is 1.48. The van der Waals surface area contributed by atoms with Gasteiger partial charge in [-0.25, -0.2) is 8.42 Å². The van der Waals surface area contributed by atoms with Crippen LogP contribution in [0.1, 0.15) is 24.0 Å². The Morgan fingerprint density at radius 2 is 1.82 bits per heavy atom. The highest BCUT2D eigenvalue weighted by molar-refractivity contribution is 7.92. The Hall–Kier alpha value is -0.870. The monoisotopic (exact) mass is 253 g/mol. The predicted molar refractivity (Wildman–Crippen MR) is 69.8 cm³/mol. The fourth-order valence-corrected chi connectivity index (χ4v) is 3.64. The van der Waals surface area contributed by atoms with Gasteiger partial charge in [0.25, 0.3) is 0 Å². The van der Waals surface area contributed by atoms with Crippen LogP contribution in [0.5, 0.6) is 0 Å². The molecule has 1 aliphatic carbocycles. The van der Waals surface area contributed by atoms with Crippen LogP contribution in [0.25, 0.3) is 0 Å². The molecule has 94 valence electrons. The van der Waals surface area contributed by atoms with Crippen molar-refractivity contribution in [1.82, 2.24) is 5.32 Å². The van der Waals surface area contributed by atoms with E-state index >= 15 is 0 Å². The van der Waals surface area contributed by atoms with Gasteiger partial charge in [0.1, 0.15) is 0 Å². The van der Waals surface area contributed by atoms with Gasteiger partial charge in [0.05, 0.1) is 4.75 Å². The highest BCUT2D eigenvalue weighted by atomic mass is 32.2. The fraction of sp³-hybridized carbons (Fsp3) is 0.538. The number of sulfone groups is 1. The van der Waals surface area contributed by atoms with Gasteiger partial charge in [-0.2, -0.15) is 0 Å². The largest absolute Gasteiger partial charge is 0.319 e. The summed E-state index contributed by atoms with van der Waals surface area (Å²) in [5, 5.41) is 3.10. The first-order chi connectivity index (χ1) is 7.99. The Labute approximate surface area is 103 Å². The van der Waals surface area contributed by atoms with E-state index in [-0.39, 0.29) is 0 Å². The summed E-state index contributed by atoms with van der Waals surface area (Å²) in [5.41, 5.74) is 2.20. The van der Waals surface area contributed by atoms with E-state index < -0.39 is 14.6 Å². The molecular formula is C13H19NO2S. The zero-order chi connectivity index (χ0) is 12.5. The molecule has 0 unspecified atom stereocenters. The Morgan fingerprint density at radius 3 is 2.24 bits per heavy atom. The maximum Gasteiger partial charge on any atom is 0.157 e. The SMILES string of the molecule is CNCCc1ccc(C2(S(C)(=O)=O)CC2)cc1. The molecule has 1 fully saturated rings. The molecule has 0 atom stereocenters. The lowest BCUT2D eigenvalue weighted by Gasteiger charge is -2.14. The van der Waals surface area contributed by atoms with E-state index in [1.165, 1.54) is 11.8 Å². The number of nitrogens with one attached hydrogen (secondary N) is 1. The van der Waals surface area contributed by atoms with E-state index in [2.05, 4.69) is 5.32 Å². The van der Waals surface area contributed by atoms with E-state index in [9.17, 15) is 8.42 Å². The summed E-state index contributed by atoms with van der Waals surface area (Å²) in [5.74, 6) is 0. The summed E-state index contributed by atoms with van der Waals surface area (Å²) < 4.78 is 23.0. The van der Waals surface area contributed by atoms with Gasteiger partial charge in [-0.1, -0.05) is 24.3 Å². The Bertz CT molecular complexity index is 487. The zero-order valence-corrected chi connectivity index (χ0v) is 11.2. The summed E-state index contributed by atoms with van der Waals surface area (Å²) in [4.78, 5) is 0. The molecule has 1 aromatic rings. The second-order valence-electron chi connectivity index (χ2n) is 4.82. The minimum atomic E-state index is -2.99. The van der Waals surface area contributed by atoms with Gasteiger partial charge in [-0.05, 0) is 44.0 Å². The molecule has 0 aromatic heterocycles. The van der Waals surface area contributed by atoms with Crippen molar-refractivity contribution >= 4 is 9.84 Å². The van der Waals surface area contributed by atoms with Crippen LogP contribution >= 0.6 is 0 Å². The van der Waals surface area contributed by atoms with Crippen LogP contribution < -0.4 is 5.32 Å². The third kappa shape index (κ3) is 2.38. The molecule has 1 aromatic carbocycles. The molecule has 0 saturated heterocycles.